The van der Waals surface area contributed by atoms with Gasteiger partial charge < -0.3 is 9.73 Å². The Bertz CT molecular complexity index is 404. The van der Waals surface area contributed by atoms with Gasteiger partial charge in [-0.3, -0.25) is 4.90 Å². The summed E-state index contributed by atoms with van der Waals surface area (Å²) in [7, 11) is 1.96. The third kappa shape index (κ3) is 3.83. The number of rotatable bonds is 8. The molecule has 106 valence electrons. The standard InChI is InChI=1S/C16H26N2O/c1-12-15(7-16(19-12)8-17-2)11-18(9-13-3-4-13)10-14-5-6-14/h7,13-14,17H,3-6,8-11H2,1-2H3. The van der Waals surface area contributed by atoms with Crippen LogP contribution in [0.25, 0.3) is 0 Å². The number of aryl methyl sites for hydroxylation is 1. The van der Waals surface area contributed by atoms with E-state index in [0.29, 0.717) is 0 Å². The first-order valence-corrected chi connectivity index (χ1v) is 7.69. The summed E-state index contributed by atoms with van der Waals surface area (Å²) < 4.78 is 5.81. The highest BCUT2D eigenvalue weighted by molar-refractivity contribution is 5.20. The Morgan fingerprint density at radius 1 is 1.21 bits per heavy atom. The molecule has 0 aliphatic heterocycles. The maximum atomic E-state index is 5.81. The van der Waals surface area contributed by atoms with Crippen molar-refractivity contribution in [1.29, 1.82) is 0 Å². The van der Waals surface area contributed by atoms with E-state index < -0.39 is 0 Å². The summed E-state index contributed by atoms with van der Waals surface area (Å²) in [5.41, 5.74) is 1.38. The molecule has 2 aliphatic rings. The quantitative estimate of drug-likeness (QED) is 0.781. The van der Waals surface area contributed by atoms with Gasteiger partial charge >= 0.3 is 0 Å². The minimum atomic E-state index is 0.825. The molecule has 0 unspecified atom stereocenters. The van der Waals surface area contributed by atoms with Crippen LogP contribution in [-0.2, 0) is 13.1 Å². The average molecular weight is 262 g/mol. The van der Waals surface area contributed by atoms with Gasteiger partial charge in [0.1, 0.15) is 11.5 Å². The van der Waals surface area contributed by atoms with Crippen LogP contribution in [0.15, 0.2) is 10.5 Å². The molecule has 0 atom stereocenters. The van der Waals surface area contributed by atoms with Crippen molar-refractivity contribution in [1.82, 2.24) is 10.2 Å². The molecule has 19 heavy (non-hydrogen) atoms. The topological polar surface area (TPSA) is 28.4 Å². The van der Waals surface area contributed by atoms with Crippen LogP contribution < -0.4 is 5.32 Å². The van der Waals surface area contributed by atoms with Crippen molar-refractivity contribution in [3.8, 4) is 0 Å². The van der Waals surface area contributed by atoms with Crippen LogP contribution in [0.5, 0.6) is 0 Å². The summed E-state index contributed by atoms with van der Waals surface area (Å²) >= 11 is 0. The van der Waals surface area contributed by atoms with Gasteiger partial charge in [-0.05, 0) is 57.6 Å². The first-order chi connectivity index (χ1) is 9.24. The molecule has 0 spiro atoms. The SMILES string of the molecule is CNCc1cc(CN(CC2CC2)CC2CC2)c(C)o1. The van der Waals surface area contributed by atoms with Gasteiger partial charge in [-0.15, -0.1) is 0 Å². The number of hydrogen-bond donors (Lipinski definition) is 1. The Labute approximate surface area is 116 Å². The molecule has 0 radical (unpaired) electrons. The first kappa shape index (κ1) is 13.2. The zero-order valence-corrected chi connectivity index (χ0v) is 12.2. The lowest BCUT2D eigenvalue weighted by Crippen LogP contribution is -2.27. The van der Waals surface area contributed by atoms with Gasteiger partial charge in [0, 0.05) is 25.2 Å². The Balaban J connectivity index is 1.61. The second-order valence-electron chi connectivity index (χ2n) is 6.41. The van der Waals surface area contributed by atoms with E-state index in [9.17, 15) is 0 Å². The predicted octanol–water partition coefficient (Wildman–Crippen LogP) is 2.93. The van der Waals surface area contributed by atoms with E-state index in [2.05, 4.69) is 23.2 Å². The fourth-order valence-electron chi connectivity index (χ4n) is 2.78. The summed E-state index contributed by atoms with van der Waals surface area (Å²) in [5, 5.41) is 3.15. The second-order valence-corrected chi connectivity index (χ2v) is 6.41. The molecular weight excluding hydrogens is 236 g/mol. The smallest absolute Gasteiger partial charge is 0.118 e. The average Bonchev–Trinajstić information content (AvgIpc) is 3.25. The summed E-state index contributed by atoms with van der Waals surface area (Å²) in [4.78, 5) is 2.66. The summed E-state index contributed by atoms with van der Waals surface area (Å²) in [6.07, 6.45) is 5.76. The van der Waals surface area contributed by atoms with Crippen LogP contribution in [0.4, 0.5) is 0 Å². The second kappa shape index (κ2) is 5.68. The number of nitrogens with one attached hydrogen (secondary N) is 1. The van der Waals surface area contributed by atoms with Gasteiger partial charge in [0.2, 0.25) is 0 Å². The number of furan rings is 1. The van der Waals surface area contributed by atoms with Crippen molar-refractivity contribution in [3.63, 3.8) is 0 Å². The highest BCUT2D eigenvalue weighted by Gasteiger charge is 2.29. The summed E-state index contributed by atoms with van der Waals surface area (Å²) in [6.45, 7) is 6.59. The molecule has 3 nitrogen and oxygen atoms in total. The third-order valence-electron chi connectivity index (χ3n) is 4.24. The minimum Gasteiger partial charge on any atom is -0.465 e. The van der Waals surface area contributed by atoms with E-state index in [1.54, 1.807) is 0 Å². The van der Waals surface area contributed by atoms with Crippen molar-refractivity contribution in [2.75, 3.05) is 20.1 Å². The Morgan fingerprint density at radius 3 is 2.37 bits per heavy atom. The van der Waals surface area contributed by atoms with Crippen LogP contribution in [0.2, 0.25) is 0 Å². The van der Waals surface area contributed by atoms with Crippen molar-refractivity contribution in [2.45, 2.75) is 45.7 Å². The summed E-state index contributed by atoms with van der Waals surface area (Å²) in [6, 6.07) is 2.23. The third-order valence-corrected chi connectivity index (χ3v) is 4.24. The molecule has 2 aliphatic carbocycles. The van der Waals surface area contributed by atoms with Gasteiger partial charge in [0.15, 0.2) is 0 Å². The molecule has 1 heterocycles. The molecule has 1 aromatic heterocycles. The molecule has 0 amide bonds. The van der Waals surface area contributed by atoms with Crippen molar-refractivity contribution < 1.29 is 4.42 Å². The van der Waals surface area contributed by atoms with Crippen molar-refractivity contribution in [2.24, 2.45) is 11.8 Å². The molecule has 0 aromatic carbocycles. The van der Waals surface area contributed by atoms with E-state index >= 15 is 0 Å². The molecule has 2 saturated carbocycles. The molecule has 3 rings (SSSR count). The molecule has 0 saturated heterocycles. The van der Waals surface area contributed by atoms with Gasteiger partial charge in [-0.2, -0.15) is 0 Å². The van der Waals surface area contributed by atoms with Crippen LogP contribution in [0, 0.1) is 18.8 Å². The molecule has 1 N–H and O–H groups in total. The molecule has 2 fully saturated rings. The van der Waals surface area contributed by atoms with E-state index in [1.807, 2.05) is 7.05 Å². The van der Waals surface area contributed by atoms with Crippen molar-refractivity contribution in [3.05, 3.63) is 23.2 Å². The minimum absolute atomic E-state index is 0.825. The van der Waals surface area contributed by atoms with E-state index in [4.69, 9.17) is 4.42 Å². The fraction of sp³-hybridized carbons (Fsp3) is 0.750. The van der Waals surface area contributed by atoms with E-state index in [0.717, 1.165) is 36.4 Å². The van der Waals surface area contributed by atoms with Gasteiger partial charge in [0.05, 0.1) is 6.54 Å². The van der Waals surface area contributed by atoms with E-state index in [-0.39, 0.29) is 0 Å². The highest BCUT2D eigenvalue weighted by atomic mass is 16.3. The normalized spacial score (nSPS) is 19.3. The first-order valence-electron chi connectivity index (χ1n) is 7.69. The van der Waals surface area contributed by atoms with Gasteiger partial charge in [-0.1, -0.05) is 0 Å². The lowest BCUT2D eigenvalue weighted by Gasteiger charge is -2.21. The fourth-order valence-corrected chi connectivity index (χ4v) is 2.78. The van der Waals surface area contributed by atoms with E-state index in [1.165, 1.54) is 44.3 Å². The predicted molar refractivity (Wildman–Crippen MR) is 76.9 cm³/mol. The van der Waals surface area contributed by atoms with Gasteiger partial charge in [-0.25, -0.2) is 0 Å². The van der Waals surface area contributed by atoms with Crippen LogP contribution in [0.3, 0.4) is 0 Å². The Hall–Kier alpha value is -0.800. The molecule has 1 aromatic rings. The Kier molecular flexibility index (Phi) is 3.94. The van der Waals surface area contributed by atoms with Gasteiger partial charge in [0.25, 0.3) is 0 Å². The Morgan fingerprint density at radius 2 is 1.84 bits per heavy atom. The van der Waals surface area contributed by atoms with Crippen LogP contribution >= 0.6 is 0 Å². The maximum absolute atomic E-state index is 5.81. The lowest BCUT2D eigenvalue weighted by atomic mass is 10.2. The molecular formula is C16H26N2O. The lowest BCUT2D eigenvalue weighted by molar-refractivity contribution is 0.243. The summed E-state index contributed by atoms with van der Waals surface area (Å²) in [5.74, 6) is 4.11. The van der Waals surface area contributed by atoms with Crippen LogP contribution in [0.1, 0.15) is 42.8 Å². The number of nitrogens with zero attached hydrogens (tertiary/aromatic N) is 1. The molecule has 3 heteroatoms. The zero-order valence-electron chi connectivity index (χ0n) is 12.2. The number of hydrogen-bond acceptors (Lipinski definition) is 3. The van der Waals surface area contributed by atoms with Crippen LogP contribution in [-0.4, -0.2) is 25.0 Å². The van der Waals surface area contributed by atoms with Crippen molar-refractivity contribution >= 4 is 0 Å². The monoisotopic (exact) mass is 262 g/mol. The molecule has 0 bridgehead atoms. The maximum Gasteiger partial charge on any atom is 0.118 e. The highest BCUT2D eigenvalue weighted by Crippen LogP contribution is 2.34. The zero-order chi connectivity index (χ0) is 13.2. The largest absolute Gasteiger partial charge is 0.465 e.